The average Bonchev–Trinajstić information content (AvgIpc) is 2.12. The van der Waals surface area contributed by atoms with Crippen molar-refractivity contribution < 1.29 is 4.79 Å². The Morgan fingerprint density at radius 2 is 2.14 bits per heavy atom. The van der Waals surface area contributed by atoms with Crippen molar-refractivity contribution in [3.05, 3.63) is 18.5 Å². The van der Waals surface area contributed by atoms with E-state index in [-0.39, 0.29) is 5.91 Å². The van der Waals surface area contributed by atoms with E-state index in [1.165, 1.54) is 0 Å². The summed E-state index contributed by atoms with van der Waals surface area (Å²) in [7, 11) is 0. The zero-order valence-electron chi connectivity index (χ0n) is 7.97. The maximum atomic E-state index is 10.9. The van der Waals surface area contributed by atoms with E-state index in [0.29, 0.717) is 12.0 Å². The molecule has 1 fully saturated rings. The van der Waals surface area contributed by atoms with Gasteiger partial charge in [-0.25, -0.2) is 9.97 Å². The van der Waals surface area contributed by atoms with Crippen LogP contribution in [0.15, 0.2) is 18.5 Å². The van der Waals surface area contributed by atoms with Gasteiger partial charge < -0.3 is 10.2 Å². The number of nitrogens with one attached hydrogen (secondary N) is 1. The van der Waals surface area contributed by atoms with Crippen LogP contribution >= 0.6 is 0 Å². The van der Waals surface area contributed by atoms with E-state index >= 15 is 0 Å². The molecule has 2 heterocycles. The van der Waals surface area contributed by atoms with Crippen molar-refractivity contribution in [2.45, 2.75) is 13.0 Å². The molecule has 0 bridgehead atoms. The first-order chi connectivity index (χ1) is 6.75. The Bertz CT molecular complexity index is 321. The number of rotatable bonds is 2. The molecule has 0 spiro atoms. The maximum Gasteiger partial charge on any atom is 0.222 e. The standard InChI is InChI=1S/C9H12N4O/c1-7(14)13-5-8(6-13)12-9-10-3-2-4-11-9/h2-4,8H,5-6H2,1H3,(H,10,11,12). The molecule has 0 saturated carbocycles. The number of aromatic nitrogens is 2. The van der Waals surface area contributed by atoms with Crippen LogP contribution in [-0.4, -0.2) is 39.9 Å². The normalized spacial score (nSPS) is 16.2. The molecule has 14 heavy (non-hydrogen) atoms. The third-order valence-electron chi connectivity index (χ3n) is 2.23. The molecular weight excluding hydrogens is 180 g/mol. The fourth-order valence-electron chi connectivity index (χ4n) is 1.38. The van der Waals surface area contributed by atoms with Gasteiger partial charge in [-0.1, -0.05) is 0 Å². The predicted molar refractivity (Wildman–Crippen MR) is 51.7 cm³/mol. The summed E-state index contributed by atoms with van der Waals surface area (Å²) >= 11 is 0. The number of carbonyl (C=O) groups is 1. The van der Waals surface area contributed by atoms with Gasteiger partial charge in [0.05, 0.1) is 6.04 Å². The first kappa shape index (κ1) is 8.93. The lowest BCUT2D eigenvalue weighted by Crippen LogP contribution is -2.56. The van der Waals surface area contributed by atoms with Crippen LogP contribution in [0.5, 0.6) is 0 Å². The average molecular weight is 192 g/mol. The summed E-state index contributed by atoms with van der Waals surface area (Å²) in [5.41, 5.74) is 0. The van der Waals surface area contributed by atoms with E-state index in [2.05, 4.69) is 15.3 Å². The van der Waals surface area contributed by atoms with Crippen LogP contribution in [0, 0.1) is 0 Å². The summed E-state index contributed by atoms with van der Waals surface area (Å²) in [6.07, 6.45) is 3.38. The van der Waals surface area contributed by atoms with Crippen molar-refractivity contribution in [1.82, 2.24) is 14.9 Å². The molecule has 0 aromatic carbocycles. The second kappa shape index (κ2) is 3.61. The summed E-state index contributed by atoms with van der Waals surface area (Å²) in [4.78, 5) is 20.8. The Hall–Kier alpha value is -1.65. The smallest absolute Gasteiger partial charge is 0.222 e. The third kappa shape index (κ3) is 1.81. The quantitative estimate of drug-likeness (QED) is 0.723. The number of likely N-dealkylation sites (tertiary alicyclic amines) is 1. The molecule has 1 saturated heterocycles. The van der Waals surface area contributed by atoms with Crippen LogP contribution in [0.2, 0.25) is 0 Å². The number of hydrogen-bond donors (Lipinski definition) is 1. The monoisotopic (exact) mass is 192 g/mol. The molecule has 74 valence electrons. The van der Waals surface area contributed by atoms with Gasteiger partial charge in [0.25, 0.3) is 0 Å². The van der Waals surface area contributed by atoms with Gasteiger partial charge in [-0.2, -0.15) is 0 Å². The zero-order chi connectivity index (χ0) is 9.97. The molecule has 0 atom stereocenters. The SMILES string of the molecule is CC(=O)N1CC(Nc2ncccn2)C1. The van der Waals surface area contributed by atoms with Gasteiger partial charge in [-0.15, -0.1) is 0 Å². The molecule has 2 rings (SSSR count). The van der Waals surface area contributed by atoms with E-state index in [1.54, 1.807) is 30.3 Å². The van der Waals surface area contributed by atoms with Crippen LogP contribution in [0.4, 0.5) is 5.95 Å². The van der Waals surface area contributed by atoms with Crippen LogP contribution < -0.4 is 5.32 Å². The molecule has 1 aromatic rings. The van der Waals surface area contributed by atoms with E-state index < -0.39 is 0 Å². The lowest BCUT2D eigenvalue weighted by Gasteiger charge is -2.38. The topological polar surface area (TPSA) is 58.1 Å². The highest BCUT2D eigenvalue weighted by Gasteiger charge is 2.28. The van der Waals surface area contributed by atoms with Gasteiger partial charge in [0, 0.05) is 32.4 Å². The molecule has 0 radical (unpaired) electrons. The van der Waals surface area contributed by atoms with Crippen molar-refractivity contribution in [1.29, 1.82) is 0 Å². The van der Waals surface area contributed by atoms with Crippen molar-refractivity contribution in [3.63, 3.8) is 0 Å². The number of nitrogens with zero attached hydrogens (tertiary/aromatic N) is 3. The molecule has 1 aliphatic rings. The lowest BCUT2D eigenvalue weighted by molar-refractivity contribution is -0.132. The number of amides is 1. The molecule has 5 heteroatoms. The predicted octanol–water partition coefficient (Wildman–Crippen LogP) is 0.119. The molecule has 0 aliphatic carbocycles. The molecule has 1 aromatic heterocycles. The first-order valence-corrected chi connectivity index (χ1v) is 4.55. The summed E-state index contributed by atoms with van der Waals surface area (Å²) in [6, 6.07) is 2.06. The summed E-state index contributed by atoms with van der Waals surface area (Å²) in [5.74, 6) is 0.748. The Morgan fingerprint density at radius 3 is 2.71 bits per heavy atom. The van der Waals surface area contributed by atoms with Crippen LogP contribution in [0.1, 0.15) is 6.92 Å². The molecule has 1 aliphatic heterocycles. The molecule has 1 N–H and O–H groups in total. The number of hydrogen-bond acceptors (Lipinski definition) is 4. The fraction of sp³-hybridized carbons (Fsp3) is 0.444. The van der Waals surface area contributed by atoms with Crippen LogP contribution in [-0.2, 0) is 4.79 Å². The summed E-state index contributed by atoms with van der Waals surface area (Å²) in [6.45, 7) is 3.07. The second-order valence-corrected chi connectivity index (χ2v) is 3.34. The maximum absolute atomic E-state index is 10.9. The van der Waals surface area contributed by atoms with Gasteiger partial charge in [0.2, 0.25) is 11.9 Å². The van der Waals surface area contributed by atoms with Crippen molar-refractivity contribution >= 4 is 11.9 Å². The fourth-order valence-corrected chi connectivity index (χ4v) is 1.38. The molecule has 1 amide bonds. The highest BCUT2D eigenvalue weighted by atomic mass is 16.2. The highest BCUT2D eigenvalue weighted by Crippen LogP contribution is 2.11. The van der Waals surface area contributed by atoms with Gasteiger partial charge in [0.15, 0.2) is 0 Å². The van der Waals surface area contributed by atoms with E-state index in [4.69, 9.17) is 0 Å². The van der Waals surface area contributed by atoms with Crippen LogP contribution in [0.3, 0.4) is 0 Å². The third-order valence-corrected chi connectivity index (χ3v) is 2.23. The minimum Gasteiger partial charge on any atom is -0.348 e. The van der Waals surface area contributed by atoms with E-state index in [1.807, 2.05) is 0 Å². The lowest BCUT2D eigenvalue weighted by atomic mass is 10.1. The van der Waals surface area contributed by atoms with Gasteiger partial charge in [-0.3, -0.25) is 4.79 Å². The molecule has 5 nitrogen and oxygen atoms in total. The minimum atomic E-state index is 0.122. The number of carbonyl (C=O) groups excluding carboxylic acids is 1. The summed E-state index contributed by atoms with van der Waals surface area (Å²) in [5, 5.41) is 3.15. The van der Waals surface area contributed by atoms with Gasteiger partial charge in [-0.05, 0) is 6.07 Å². The Labute approximate surface area is 82.2 Å². The van der Waals surface area contributed by atoms with Crippen LogP contribution in [0.25, 0.3) is 0 Å². The first-order valence-electron chi connectivity index (χ1n) is 4.55. The summed E-state index contributed by atoms with van der Waals surface area (Å²) < 4.78 is 0. The second-order valence-electron chi connectivity index (χ2n) is 3.34. The highest BCUT2D eigenvalue weighted by molar-refractivity contribution is 5.74. The van der Waals surface area contributed by atoms with E-state index in [0.717, 1.165) is 13.1 Å². The molecule has 0 unspecified atom stereocenters. The molecular formula is C9H12N4O. The number of anilines is 1. The van der Waals surface area contributed by atoms with Crippen molar-refractivity contribution in [3.8, 4) is 0 Å². The van der Waals surface area contributed by atoms with Crippen molar-refractivity contribution in [2.75, 3.05) is 18.4 Å². The van der Waals surface area contributed by atoms with Gasteiger partial charge >= 0.3 is 0 Å². The largest absolute Gasteiger partial charge is 0.348 e. The Kier molecular flexibility index (Phi) is 2.30. The van der Waals surface area contributed by atoms with E-state index in [9.17, 15) is 4.79 Å². The zero-order valence-corrected chi connectivity index (χ0v) is 7.97. The Morgan fingerprint density at radius 1 is 1.50 bits per heavy atom. The van der Waals surface area contributed by atoms with Gasteiger partial charge in [0.1, 0.15) is 0 Å². The Balaban J connectivity index is 1.82. The minimum absolute atomic E-state index is 0.122. The van der Waals surface area contributed by atoms with Crippen molar-refractivity contribution in [2.24, 2.45) is 0 Å².